The number of carbonyl (C=O) groups excluding carboxylic acids is 1. The van der Waals surface area contributed by atoms with Gasteiger partial charge in [-0.15, -0.1) is 0 Å². The number of nitrogens with one attached hydrogen (secondary N) is 1. The molecule has 0 saturated carbocycles. The molecule has 0 spiro atoms. The zero-order valence-corrected chi connectivity index (χ0v) is 12.2. The molecule has 0 fully saturated rings. The molecule has 1 N–H and O–H groups in total. The van der Waals surface area contributed by atoms with Crippen LogP contribution >= 0.6 is 0 Å². The van der Waals surface area contributed by atoms with Crippen molar-refractivity contribution in [2.45, 2.75) is 19.8 Å². The van der Waals surface area contributed by atoms with Gasteiger partial charge in [0.25, 0.3) is 5.91 Å². The molecular weight excluding hydrogens is 264 g/mol. The summed E-state index contributed by atoms with van der Waals surface area (Å²) in [6, 6.07) is 11.7. The first-order valence-corrected chi connectivity index (χ1v) is 7.15. The number of rotatable bonds is 7. The number of amides is 1. The van der Waals surface area contributed by atoms with E-state index in [0.29, 0.717) is 6.54 Å². The maximum absolute atomic E-state index is 11.7. The van der Waals surface area contributed by atoms with Gasteiger partial charge in [0.1, 0.15) is 5.75 Å². The van der Waals surface area contributed by atoms with Crippen LogP contribution in [0, 0.1) is 0 Å². The van der Waals surface area contributed by atoms with Gasteiger partial charge in [0.15, 0.2) is 6.61 Å². The molecule has 0 aliphatic carbocycles. The molecule has 1 amide bonds. The predicted octanol–water partition coefficient (Wildman–Crippen LogP) is 2.38. The van der Waals surface area contributed by atoms with Crippen molar-refractivity contribution in [1.29, 1.82) is 0 Å². The lowest BCUT2D eigenvalue weighted by atomic mass is 10.2. The second-order valence-corrected chi connectivity index (χ2v) is 4.75. The van der Waals surface area contributed by atoms with Crippen molar-refractivity contribution in [2.75, 3.05) is 13.2 Å². The molecule has 0 saturated heterocycles. The zero-order chi connectivity index (χ0) is 14.9. The molecule has 2 rings (SSSR count). The van der Waals surface area contributed by atoms with E-state index in [0.717, 1.165) is 24.2 Å². The topological polar surface area (TPSA) is 51.2 Å². The monoisotopic (exact) mass is 284 g/mol. The van der Waals surface area contributed by atoms with E-state index in [2.05, 4.69) is 17.2 Å². The van der Waals surface area contributed by atoms with Gasteiger partial charge in [-0.05, 0) is 42.2 Å². The Morgan fingerprint density at radius 3 is 2.67 bits per heavy atom. The Balaban J connectivity index is 1.67. The van der Waals surface area contributed by atoms with Crippen LogP contribution < -0.4 is 10.1 Å². The van der Waals surface area contributed by atoms with Gasteiger partial charge in [0.05, 0.1) is 0 Å². The molecule has 4 nitrogen and oxygen atoms in total. The molecule has 0 aliphatic heterocycles. The van der Waals surface area contributed by atoms with Crippen molar-refractivity contribution < 1.29 is 9.53 Å². The largest absolute Gasteiger partial charge is 0.484 e. The van der Waals surface area contributed by atoms with Crippen LogP contribution in [0.2, 0.25) is 0 Å². The van der Waals surface area contributed by atoms with Crippen molar-refractivity contribution in [3.63, 3.8) is 0 Å². The summed E-state index contributed by atoms with van der Waals surface area (Å²) in [7, 11) is 0. The van der Waals surface area contributed by atoms with E-state index in [9.17, 15) is 4.79 Å². The second-order valence-electron chi connectivity index (χ2n) is 4.75. The zero-order valence-electron chi connectivity index (χ0n) is 12.2. The van der Waals surface area contributed by atoms with E-state index in [4.69, 9.17) is 4.74 Å². The van der Waals surface area contributed by atoms with Crippen LogP contribution in [0.15, 0.2) is 48.8 Å². The maximum atomic E-state index is 11.7. The first-order valence-electron chi connectivity index (χ1n) is 7.15. The Hall–Kier alpha value is -2.36. The van der Waals surface area contributed by atoms with Gasteiger partial charge in [-0.1, -0.05) is 25.1 Å². The smallest absolute Gasteiger partial charge is 0.257 e. The van der Waals surface area contributed by atoms with Crippen LogP contribution in [0.4, 0.5) is 0 Å². The van der Waals surface area contributed by atoms with Gasteiger partial charge in [0, 0.05) is 18.9 Å². The second kappa shape index (κ2) is 8.04. The number of hydrogen-bond acceptors (Lipinski definition) is 3. The fourth-order valence-electron chi connectivity index (χ4n) is 1.91. The summed E-state index contributed by atoms with van der Waals surface area (Å²) in [5, 5.41) is 2.83. The van der Waals surface area contributed by atoms with Gasteiger partial charge in [0.2, 0.25) is 0 Å². The number of aryl methyl sites for hydroxylation is 1. The third kappa shape index (κ3) is 5.26. The predicted molar refractivity (Wildman–Crippen MR) is 82.3 cm³/mol. The summed E-state index contributed by atoms with van der Waals surface area (Å²) < 4.78 is 5.45. The van der Waals surface area contributed by atoms with Gasteiger partial charge in [-0.2, -0.15) is 0 Å². The van der Waals surface area contributed by atoms with E-state index < -0.39 is 0 Å². The minimum absolute atomic E-state index is 0.0402. The van der Waals surface area contributed by atoms with Crippen molar-refractivity contribution in [1.82, 2.24) is 10.3 Å². The van der Waals surface area contributed by atoms with Crippen LogP contribution in [0.5, 0.6) is 5.75 Å². The Morgan fingerprint density at radius 2 is 2.00 bits per heavy atom. The lowest BCUT2D eigenvalue weighted by molar-refractivity contribution is -0.123. The van der Waals surface area contributed by atoms with Crippen LogP contribution in [-0.4, -0.2) is 24.0 Å². The van der Waals surface area contributed by atoms with Crippen molar-refractivity contribution in [3.8, 4) is 5.75 Å². The van der Waals surface area contributed by atoms with E-state index in [-0.39, 0.29) is 12.5 Å². The van der Waals surface area contributed by atoms with Crippen molar-refractivity contribution >= 4 is 5.91 Å². The van der Waals surface area contributed by atoms with Gasteiger partial charge >= 0.3 is 0 Å². The standard InChI is InChI=1S/C17H20N2O2/c1-2-14-5-7-16(8-6-14)21-13-17(20)19-11-9-15-4-3-10-18-12-15/h3-8,10,12H,2,9,11,13H2,1H3,(H,19,20). The molecule has 0 aliphatic rings. The van der Waals surface area contributed by atoms with Crippen LogP contribution in [0.3, 0.4) is 0 Å². The third-order valence-electron chi connectivity index (χ3n) is 3.16. The van der Waals surface area contributed by atoms with Gasteiger partial charge < -0.3 is 10.1 Å². The SMILES string of the molecule is CCc1ccc(OCC(=O)NCCc2cccnc2)cc1. The van der Waals surface area contributed by atoms with E-state index in [1.165, 1.54) is 5.56 Å². The van der Waals surface area contributed by atoms with Gasteiger partial charge in [-0.3, -0.25) is 9.78 Å². The Bertz CT molecular complexity index is 553. The third-order valence-corrected chi connectivity index (χ3v) is 3.16. The Labute approximate surface area is 125 Å². The fourth-order valence-corrected chi connectivity index (χ4v) is 1.91. The first-order chi connectivity index (χ1) is 10.3. The molecular formula is C17H20N2O2. The Morgan fingerprint density at radius 1 is 1.19 bits per heavy atom. The summed E-state index contributed by atoms with van der Waals surface area (Å²) in [6.45, 7) is 2.73. The molecule has 4 heteroatoms. The number of aromatic nitrogens is 1. The molecule has 0 atom stereocenters. The lowest BCUT2D eigenvalue weighted by Gasteiger charge is -2.08. The molecule has 1 aromatic heterocycles. The lowest BCUT2D eigenvalue weighted by Crippen LogP contribution is -2.30. The molecule has 0 radical (unpaired) electrons. The summed E-state index contributed by atoms with van der Waals surface area (Å²) in [6.07, 6.45) is 5.30. The van der Waals surface area contributed by atoms with Gasteiger partial charge in [-0.25, -0.2) is 0 Å². The number of hydrogen-bond donors (Lipinski definition) is 1. The minimum atomic E-state index is -0.113. The minimum Gasteiger partial charge on any atom is -0.484 e. The maximum Gasteiger partial charge on any atom is 0.257 e. The van der Waals surface area contributed by atoms with Crippen LogP contribution in [0.25, 0.3) is 0 Å². The van der Waals surface area contributed by atoms with Crippen LogP contribution in [0.1, 0.15) is 18.1 Å². The summed E-state index contributed by atoms with van der Waals surface area (Å²) >= 11 is 0. The average molecular weight is 284 g/mol. The van der Waals surface area contributed by atoms with E-state index >= 15 is 0 Å². The van der Waals surface area contributed by atoms with Crippen LogP contribution in [-0.2, 0) is 17.6 Å². The summed E-state index contributed by atoms with van der Waals surface area (Å²) in [5.41, 5.74) is 2.36. The van der Waals surface area contributed by atoms with Crippen molar-refractivity contribution in [2.24, 2.45) is 0 Å². The summed E-state index contributed by atoms with van der Waals surface area (Å²) in [5.74, 6) is 0.605. The fraction of sp³-hybridized carbons (Fsp3) is 0.294. The average Bonchev–Trinajstić information content (AvgIpc) is 2.54. The molecule has 1 aromatic carbocycles. The molecule has 21 heavy (non-hydrogen) atoms. The highest BCUT2D eigenvalue weighted by Gasteiger charge is 2.02. The van der Waals surface area contributed by atoms with E-state index in [1.807, 2.05) is 36.4 Å². The molecule has 1 heterocycles. The first kappa shape index (κ1) is 15.0. The van der Waals surface area contributed by atoms with Crippen molar-refractivity contribution in [3.05, 3.63) is 59.9 Å². The molecule has 0 bridgehead atoms. The number of ether oxygens (including phenoxy) is 1. The quantitative estimate of drug-likeness (QED) is 0.849. The molecule has 2 aromatic rings. The number of pyridine rings is 1. The summed E-state index contributed by atoms with van der Waals surface area (Å²) in [4.78, 5) is 15.7. The number of nitrogens with zero attached hydrogens (tertiary/aromatic N) is 1. The number of carbonyl (C=O) groups is 1. The normalized spacial score (nSPS) is 10.1. The van der Waals surface area contributed by atoms with E-state index in [1.54, 1.807) is 12.4 Å². The molecule has 0 unspecified atom stereocenters. The molecule has 110 valence electrons. The highest BCUT2D eigenvalue weighted by atomic mass is 16.5. The highest BCUT2D eigenvalue weighted by molar-refractivity contribution is 5.77. The highest BCUT2D eigenvalue weighted by Crippen LogP contribution is 2.12. The Kier molecular flexibility index (Phi) is 5.76. The number of benzene rings is 1.